The van der Waals surface area contributed by atoms with E-state index >= 15 is 0 Å². The van der Waals surface area contributed by atoms with E-state index in [1.807, 2.05) is 0 Å². The van der Waals surface area contributed by atoms with E-state index in [9.17, 15) is 0 Å². The van der Waals surface area contributed by atoms with Gasteiger partial charge in [-0.3, -0.25) is 10.8 Å². The van der Waals surface area contributed by atoms with Crippen LogP contribution in [0.3, 0.4) is 0 Å². The number of nitrogens with two attached hydrogens (primary N) is 2. The molecule has 0 saturated heterocycles. The quantitative estimate of drug-likeness (QED) is 0.289. The van der Waals surface area contributed by atoms with Crippen molar-refractivity contribution >= 4 is 22.8 Å². The van der Waals surface area contributed by atoms with Crippen molar-refractivity contribution in [1.82, 2.24) is 0 Å². The van der Waals surface area contributed by atoms with Crippen LogP contribution >= 0.6 is 0 Å². The highest BCUT2D eigenvalue weighted by molar-refractivity contribution is 6.48. The van der Waals surface area contributed by atoms with Crippen molar-refractivity contribution in [3.8, 4) is 0 Å². The van der Waals surface area contributed by atoms with E-state index in [4.69, 9.17) is 22.3 Å². The average molecular weight is 447 g/mol. The number of anilines is 2. The maximum absolute atomic E-state index is 7.03. The molecule has 0 radical (unpaired) electrons. The molecule has 3 rings (SSSR count). The van der Waals surface area contributed by atoms with Crippen LogP contribution in [0.25, 0.3) is 0 Å². The lowest BCUT2D eigenvalue weighted by Gasteiger charge is -2.36. The zero-order chi connectivity index (χ0) is 25.0. The van der Waals surface area contributed by atoms with Gasteiger partial charge in [-0.2, -0.15) is 0 Å². The topological polar surface area (TPSA) is 99.7 Å². The van der Waals surface area contributed by atoms with Crippen molar-refractivity contribution in [3.05, 3.63) is 71.4 Å². The molecule has 6 N–H and O–H groups in total. The predicted molar refractivity (Wildman–Crippen MR) is 146 cm³/mol. The van der Waals surface area contributed by atoms with Crippen LogP contribution in [-0.4, -0.2) is 11.4 Å². The maximum atomic E-state index is 7.03. The average Bonchev–Trinajstić information content (AvgIpc) is 2.71. The summed E-state index contributed by atoms with van der Waals surface area (Å²) in [7, 11) is 0. The molecule has 4 nitrogen and oxygen atoms in total. The van der Waals surface area contributed by atoms with Crippen LogP contribution in [0.1, 0.15) is 78.9 Å². The molecule has 0 atom stereocenters. The second-order valence-corrected chi connectivity index (χ2v) is 11.5. The minimum atomic E-state index is -0.150. The number of nitrogens with one attached hydrogen (secondary N) is 2. The minimum Gasteiger partial charge on any atom is -0.397 e. The second kappa shape index (κ2) is 9.94. The Morgan fingerprint density at radius 3 is 1.85 bits per heavy atom. The second-order valence-electron chi connectivity index (χ2n) is 11.5. The number of allylic oxidation sites excluding steroid dienone is 8. The van der Waals surface area contributed by atoms with Crippen LogP contribution in [0.2, 0.25) is 0 Å². The van der Waals surface area contributed by atoms with E-state index in [-0.39, 0.29) is 27.7 Å². The Labute approximate surface area is 200 Å². The Morgan fingerprint density at radius 2 is 1.39 bits per heavy atom. The minimum absolute atomic E-state index is 0.0433. The SMILES string of the molecule is CC(C)(C)CC(C)(C)c1cc(N)c(N)c(C(C)(C)C2=CCCC=C2)c1.N=C1C=CC=CC1=N. The molecule has 0 amide bonds. The first-order chi connectivity index (χ1) is 15.1. The van der Waals surface area contributed by atoms with Gasteiger partial charge in [0.2, 0.25) is 0 Å². The fourth-order valence-electron chi connectivity index (χ4n) is 4.73. The van der Waals surface area contributed by atoms with E-state index in [1.54, 1.807) is 24.3 Å². The summed E-state index contributed by atoms with van der Waals surface area (Å²) in [4.78, 5) is 0. The summed E-state index contributed by atoms with van der Waals surface area (Å²) < 4.78 is 0. The first kappa shape index (κ1) is 26.4. The molecule has 1 aromatic carbocycles. The number of rotatable bonds is 4. The summed E-state index contributed by atoms with van der Waals surface area (Å²) in [6.07, 6.45) is 16.8. The van der Waals surface area contributed by atoms with Crippen molar-refractivity contribution in [2.45, 2.75) is 78.6 Å². The molecule has 0 bridgehead atoms. The Bertz CT molecular complexity index is 1000. The first-order valence-electron chi connectivity index (χ1n) is 11.7. The van der Waals surface area contributed by atoms with Gasteiger partial charge >= 0.3 is 0 Å². The highest BCUT2D eigenvalue weighted by atomic mass is 14.7. The standard InChI is InChI=1S/C23H36N2.C6H6N2/c1-21(2,3)15-22(4,5)17-13-18(20(25)19(24)14-17)23(6,7)16-11-9-8-10-12-16;7-5-3-1-2-4-6(5)8/h9,11-14H,8,10,15,24-25H2,1-7H3;1-4,7-8H. The van der Waals surface area contributed by atoms with Crippen molar-refractivity contribution in [3.63, 3.8) is 0 Å². The molecular formula is C29H42N4. The lowest BCUT2D eigenvalue weighted by Crippen LogP contribution is -2.27. The predicted octanol–water partition coefficient (Wildman–Crippen LogP) is 7.27. The van der Waals surface area contributed by atoms with Gasteiger partial charge in [-0.25, -0.2) is 0 Å². The van der Waals surface area contributed by atoms with Crippen LogP contribution in [0.5, 0.6) is 0 Å². The van der Waals surface area contributed by atoms with Gasteiger partial charge in [0.15, 0.2) is 0 Å². The Hall–Kier alpha value is -2.88. The van der Waals surface area contributed by atoms with Gasteiger partial charge < -0.3 is 11.5 Å². The third kappa shape index (κ3) is 6.80. The van der Waals surface area contributed by atoms with E-state index in [1.165, 1.54) is 11.1 Å². The van der Waals surface area contributed by atoms with E-state index in [0.29, 0.717) is 5.69 Å². The molecule has 0 fully saturated rings. The molecule has 1 aromatic rings. The van der Waals surface area contributed by atoms with Gasteiger partial charge in [-0.05, 0) is 65.0 Å². The summed E-state index contributed by atoms with van der Waals surface area (Å²) in [5.41, 5.74) is 18.7. The van der Waals surface area contributed by atoms with Crippen molar-refractivity contribution < 1.29 is 0 Å². The van der Waals surface area contributed by atoms with Gasteiger partial charge in [0, 0.05) is 5.41 Å². The molecule has 4 heteroatoms. The Kier molecular flexibility index (Phi) is 7.95. The Morgan fingerprint density at radius 1 is 0.818 bits per heavy atom. The van der Waals surface area contributed by atoms with Crippen LogP contribution < -0.4 is 11.5 Å². The van der Waals surface area contributed by atoms with Crippen molar-refractivity contribution in [2.75, 3.05) is 11.5 Å². The number of benzene rings is 1. The summed E-state index contributed by atoms with van der Waals surface area (Å²) in [5.74, 6) is 0. The summed E-state index contributed by atoms with van der Waals surface area (Å²) in [6.45, 7) is 16.0. The Balaban J connectivity index is 0.000000405. The molecule has 0 saturated carbocycles. The molecule has 0 heterocycles. The number of hydrogen-bond donors (Lipinski definition) is 4. The lowest BCUT2D eigenvalue weighted by molar-refractivity contribution is 0.284. The van der Waals surface area contributed by atoms with Crippen LogP contribution in [0.15, 0.2) is 60.2 Å². The fourth-order valence-corrected chi connectivity index (χ4v) is 4.73. The van der Waals surface area contributed by atoms with Gasteiger partial charge in [-0.1, -0.05) is 84.9 Å². The lowest BCUT2D eigenvalue weighted by atomic mass is 9.69. The van der Waals surface area contributed by atoms with Crippen molar-refractivity contribution in [1.29, 1.82) is 10.8 Å². The van der Waals surface area contributed by atoms with Gasteiger partial charge in [-0.15, -0.1) is 0 Å². The summed E-state index contributed by atoms with van der Waals surface area (Å²) in [6, 6.07) is 4.37. The third-order valence-electron chi connectivity index (χ3n) is 6.28. The maximum Gasteiger partial charge on any atom is 0.0789 e. The molecule has 0 unspecified atom stereocenters. The summed E-state index contributed by atoms with van der Waals surface area (Å²) >= 11 is 0. The normalized spacial score (nSPS) is 16.4. The van der Waals surface area contributed by atoms with E-state index < -0.39 is 0 Å². The molecular weight excluding hydrogens is 404 g/mol. The smallest absolute Gasteiger partial charge is 0.0789 e. The van der Waals surface area contributed by atoms with Crippen molar-refractivity contribution in [2.24, 2.45) is 5.41 Å². The van der Waals surface area contributed by atoms with Crippen LogP contribution in [0, 0.1) is 16.2 Å². The molecule has 178 valence electrons. The number of nitrogen functional groups attached to an aromatic ring is 2. The van der Waals surface area contributed by atoms with Gasteiger partial charge in [0.05, 0.1) is 22.8 Å². The van der Waals surface area contributed by atoms with Crippen LogP contribution in [-0.2, 0) is 10.8 Å². The largest absolute Gasteiger partial charge is 0.397 e. The fraction of sp³-hybridized carbons (Fsp3) is 0.448. The first-order valence-corrected chi connectivity index (χ1v) is 11.7. The highest BCUT2D eigenvalue weighted by Crippen LogP contribution is 2.44. The van der Waals surface area contributed by atoms with Gasteiger partial charge in [0.25, 0.3) is 0 Å². The number of hydrogen-bond acceptors (Lipinski definition) is 4. The van der Waals surface area contributed by atoms with E-state index in [0.717, 1.165) is 30.5 Å². The molecule has 2 aliphatic carbocycles. The molecule has 0 aromatic heterocycles. The molecule has 2 aliphatic rings. The summed E-state index contributed by atoms with van der Waals surface area (Å²) in [5, 5.41) is 14.1. The van der Waals surface area contributed by atoms with Crippen LogP contribution in [0.4, 0.5) is 11.4 Å². The monoisotopic (exact) mass is 446 g/mol. The molecule has 0 aliphatic heterocycles. The third-order valence-corrected chi connectivity index (χ3v) is 6.28. The zero-order valence-corrected chi connectivity index (χ0v) is 21.5. The zero-order valence-electron chi connectivity index (χ0n) is 21.5. The molecule has 33 heavy (non-hydrogen) atoms. The highest BCUT2D eigenvalue weighted by Gasteiger charge is 2.32. The molecule has 0 spiro atoms. The van der Waals surface area contributed by atoms with E-state index in [2.05, 4.69) is 78.8 Å². The van der Waals surface area contributed by atoms with Gasteiger partial charge in [0.1, 0.15) is 0 Å².